The highest BCUT2D eigenvalue weighted by atomic mass is 15.2. The maximum atomic E-state index is 3.53. The SMILES string of the molecule is CCC1CNCCN1C1CCC(C)C(C)C1. The summed E-state index contributed by atoms with van der Waals surface area (Å²) < 4.78 is 0. The molecule has 0 bridgehead atoms. The van der Waals surface area contributed by atoms with Crippen LogP contribution in [-0.2, 0) is 0 Å². The summed E-state index contributed by atoms with van der Waals surface area (Å²) in [5.41, 5.74) is 0. The molecule has 0 spiro atoms. The van der Waals surface area contributed by atoms with Gasteiger partial charge in [0, 0.05) is 31.7 Å². The molecule has 0 aromatic heterocycles. The minimum atomic E-state index is 0.791. The van der Waals surface area contributed by atoms with Crippen LogP contribution in [0.25, 0.3) is 0 Å². The second kappa shape index (κ2) is 5.50. The van der Waals surface area contributed by atoms with E-state index < -0.39 is 0 Å². The van der Waals surface area contributed by atoms with E-state index in [1.54, 1.807) is 0 Å². The van der Waals surface area contributed by atoms with Crippen molar-refractivity contribution < 1.29 is 0 Å². The lowest BCUT2D eigenvalue weighted by Gasteiger charge is -2.45. The van der Waals surface area contributed by atoms with Crippen molar-refractivity contribution in [3.8, 4) is 0 Å². The zero-order chi connectivity index (χ0) is 11.5. The van der Waals surface area contributed by atoms with Crippen LogP contribution in [0.3, 0.4) is 0 Å². The predicted molar refractivity (Wildman–Crippen MR) is 69.6 cm³/mol. The van der Waals surface area contributed by atoms with Crippen LogP contribution in [0.15, 0.2) is 0 Å². The summed E-state index contributed by atoms with van der Waals surface area (Å²) >= 11 is 0. The van der Waals surface area contributed by atoms with Gasteiger partial charge in [-0.05, 0) is 37.5 Å². The van der Waals surface area contributed by atoms with Crippen molar-refractivity contribution in [1.29, 1.82) is 0 Å². The minimum absolute atomic E-state index is 0.791. The van der Waals surface area contributed by atoms with E-state index >= 15 is 0 Å². The molecule has 1 saturated heterocycles. The fourth-order valence-electron chi connectivity index (χ4n) is 3.46. The van der Waals surface area contributed by atoms with Crippen molar-refractivity contribution in [1.82, 2.24) is 10.2 Å². The number of piperazine rings is 1. The van der Waals surface area contributed by atoms with Crippen LogP contribution in [-0.4, -0.2) is 36.6 Å². The van der Waals surface area contributed by atoms with Crippen LogP contribution < -0.4 is 5.32 Å². The average molecular weight is 224 g/mol. The van der Waals surface area contributed by atoms with Crippen molar-refractivity contribution in [3.05, 3.63) is 0 Å². The fraction of sp³-hybridized carbons (Fsp3) is 1.00. The number of hydrogen-bond donors (Lipinski definition) is 1. The highest BCUT2D eigenvalue weighted by Crippen LogP contribution is 2.33. The summed E-state index contributed by atoms with van der Waals surface area (Å²) in [6.45, 7) is 10.9. The van der Waals surface area contributed by atoms with E-state index in [1.165, 1.54) is 45.3 Å². The third kappa shape index (κ3) is 2.60. The number of hydrogen-bond acceptors (Lipinski definition) is 2. The molecule has 16 heavy (non-hydrogen) atoms. The zero-order valence-corrected chi connectivity index (χ0v) is 11.2. The molecule has 0 aromatic carbocycles. The summed E-state index contributed by atoms with van der Waals surface area (Å²) in [6.07, 6.45) is 5.60. The van der Waals surface area contributed by atoms with Gasteiger partial charge >= 0.3 is 0 Å². The van der Waals surface area contributed by atoms with Crippen molar-refractivity contribution >= 4 is 0 Å². The van der Waals surface area contributed by atoms with Gasteiger partial charge in [0.2, 0.25) is 0 Å². The van der Waals surface area contributed by atoms with Gasteiger partial charge < -0.3 is 5.32 Å². The van der Waals surface area contributed by atoms with E-state index in [-0.39, 0.29) is 0 Å². The largest absolute Gasteiger partial charge is 0.314 e. The van der Waals surface area contributed by atoms with E-state index in [1.807, 2.05) is 0 Å². The Morgan fingerprint density at radius 3 is 2.69 bits per heavy atom. The van der Waals surface area contributed by atoms with E-state index in [9.17, 15) is 0 Å². The van der Waals surface area contributed by atoms with E-state index in [0.29, 0.717) is 0 Å². The summed E-state index contributed by atoms with van der Waals surface area (Å²) in [4.78, 5) is 2.80. The van der Waals surface area contributed by atoms with Gasteiger partial charge in [0.15, 0.2) is 0 Å². The average Bonchev–Trinajstić information content (AvgIpc) is 2.32. The summed E-state index contributed by atoms with van der Waals surface area (Å²) in [6, 6.07) is 1.66. The van der Waals surface area contributed by atoms with Gasteiger partial charge in [-0.25, -0.2) is 0 Å². The first kappa shape index (κ1) is 12.4. The molecular weight excluding hydrogens is 196 g/mol. The lowest BCUT2D eigenvalue weighted by Crippen LogP contribution is -2.56. The van der Waals surface area contributed by atoms with Gasteiger partial charge in [-0.1, -0.05) is 20.8 Å². The molecule has 2 nitrogen and oxygen atoms in total. The molecule has 2 rings (SSSR count). The van der Waals surface area contributed by atoms with Crippen molar-refractivity contribution in [2.75, 3.05) is 19.6 Å². The molecule has 1 N–H and O–H groups in total. The fourth-order valence-corrected chi connectivity index (χ4v) is 3.46. The monoisotopic (exact) mass is 224 g/mol. The van der Waals surface area contributed by atoms with Crippen LogP contribution in [0.2, 0.25) is 0 Å². The Morgan fingerprint density at radius 2 is 2.00 bits per heavy atom. The maximum absolute atomic E-state index is 3.53. The quantitative estimate of drug-likeness (QED) is 0.775. The predicted octanol–water partition coefficient (Wildman–Crippen LogP) is 2.49. The van der Waals surface area contributed by atoms with Crippen LogP contribution in [0.1, 0.15) is 46.5 Å². The molecule has 2 aliphatic rings. The van der Waals surface area contributed by atoms with Crippen molar-refractivity contribution in [2.24, 2.45) is 11.8 Å². The molecule has 1 aliphatic heterocycles. The summed E-state index contributed by atoms with van der Waals surface area (Å²) in [7, 11) is 0. The zero-order valence-electron chi connectivity index (χ0n) is 11.2. The Hall–Kier alpha value is -0.0800. The maximum Gasteiger partial charge on any atom is 0.0221 e. The molecule has 1 heterocycles. The molecule has 4 atom stereocenters. The molecular formula is C14H28N2. The van der Waals surface area contributed by atoms with Crippen LogP contribution in [0, 0.1) is 11.8 Å². The number of nitrogens with zero attached hydrogens (tertiary/aromatic N) is 1. The Morgan fingerprint density at radius 1 is 1.19 bits per heavy atom. The molecule has 2 fully saturated rings. The first-order valence-electron chi connectivity index (χ1n) is 7.18. The molecule has 0 radical (unpaired) electrons. The summed E-state index contributed by atoms with van der Waals surface area (Å²) in [5, 5.41) is 3.53. The lowest BCUT2D eigenvalue weighted by molar-refractivity contribution is 0.0536. The van der Waals surface area contributed by atoms with Crippen molar-refractivity contribution in [3.63, 3.8) is 0 Å². The highest BCUT2D eigenvalue weighted by Gasteiger charge is 2.32. The third-order valence-corrected chi connectivity index (χ3v) is 4.91. The second-order valence-electron chi connectivity index (χ2n) is 5.93. The molecule has 1 saturated carbocycles. The van der Waals surface area contributed by atoms with E-state index in [0.717, 1.165) is 23.9 Å². The Bertz CT molecular complexity index is 217. The first-order chi connectivity index (χ1) is 7.72. The number of nitrogens with one attached hydrogen (secondary N) is 1. The molecule has 2 heteroatoms. The Balaban J connectivity index is 1.95. The lowest BCUT2D eigenvalue weighted by atomic mass is 9.78. The second-order valence-corrected chi connectivity index (χ2v) is 5.93. The van der Waals surface area contributed by atoms with Crippen LogP contribution in [0.5, 0.6) is 0 Å². The standard InChI is InChI=1S/C14H28N2/c1-4-13-10-15-7-8-16(13)14-6-5-11(2)12(3)9-14/h11-15H,4-10H2,1-3H3. The molecule has 0 aromatic rings. The molecule has 4 unspecified atom stereocenters. The van der Waals surface area contributed by atoms with Gasteiger partial charge in [0.05, 0.1) is 0 Å². The topological polar surface area (TPSA) is 15.3 Å². The van der Waals surface area contributed by atoms with Crippen molar-refractivity contribution in [2.45, 2.75) is 58.5 Å². The minimum Gasteiger partial charge on any atom is -0.314 e. The van der Waals surface area contributed by atoms with E-state index in [2.05, 4.69) is 31.0 Å². The first-order valence-corrected chi connectivity index (χ1v) is 7.18. The van der Waals surface area contributed by atoms with Gasteiger partial charge in [0.1, 0.15) is 0 Å². The van der Waals surface area contributed by atoms with Gasteiger partial charge in [-0.3, -0.25) is 4.90 Å². The van der Waals surface area contributed by atoms with Crippen LogP contribution >= 0.6 is 0 Å². The molecule has 1 aliphatic carbocycles. The Kier molecular flexibility index (Phi) is 4.26. The van der Waals surface area contributed by atoms with E-state index in [4.69, 9.17) is 0 Å². The highest BCUT2D eigenvalue weighted by molar-refractivity contribution is 4.88. The van der Waals surface area contributed by atoms with Crippen LogP contribution in [0.4, 0.5) is 0 Å². The molecule has 94 valence electrons. The molecule has 0 amide bonds. The van der Waals surface area contributed by atoms with Gasteiger partial charge in [0.25, 0.3) is 0 Å². The smallest absolute Gasteiger partial charge is 0.0221 e. The number of rotatable bonds is 2. The van der Waals surface area contributed by atoms with Gasteiger partial charge in [-0.2, -0.15) is 0 Å². The third-order valence-electron chi connectivity index (χ3n) is 4.91. The summed E-state index contributed by atoms with van der Waals surface area (Å²) in [5.74, 6) is 1.87. The Labute approximate surface area is 101 Å². The normalized spacial score (nSPS) is 42.2. The van der Waals surface area contributed by atoms with Gasteiger partial charge in [-0.15, -0.1) is 0 Å².